The van der Waals surface area contributed by atoms with E-state index in [9.17, 15) is 0 Å². The molecule has 0 aliphatic heterocycles. The molecule has 0 atom stereocenters. The number of rotatable bonds is 10. The highest BCUT2D eigenvalue weighted by Crippen LogP contribution is 2.28. The van der Waals surface area contributed by atoms with E-state index in [1.807, 2.05) is 55.6 Å². The van der Waals surface area contributed by atoms with E-state index >= 15 is 0 Å². The van der Waals surface area contributed by atoms with Crippen molar-refractivity contribution in [2.24, 2.45) is 5.92 Å². The van der Waals surface area contributed by atoms with Gasteiger partial charge in [0, 0.05) is 37.2 Å². The molecule has 3 aromatic rings. The molecule has 0 radical (unpaired) electrons. The van der Waals surface area contributed by atoms with E-state index in [1.54, 1.807) is 0 Å². The van der Waals surface area contributed by atoms with Crippen LogP contribution in [-0.4, -0.2) is 35.1 Å². The zero-order chi connectivity index (χ0) is 20.8. The van der Waals surface area contributed by atoms with Crippen molar-refractivity contribution in [1.29, 1.82) is 0 Å². The number of hydrogen-bond donors (Lipinski definition) is 5. The topological polar surface area (TPSA) is 113 Å². The van der Waals surface area contributed by atoms with E-state index in [0.29, 0.717) is 24.4 Å². The van der Waals surface area contributed by atoms with Crippen LogP contribution in [-0.2, 0) is 6.42 Å². The maximum Gasteiger partial charge on any atom is 0.233 e. The van der Waals surface area contributed by atoms with E-state index in [2.05, 4.69) is 36.2 Å². The Morgan fingerprint density at radius 1 is 0.900 bits per heavy atom. The SMILES string of the molecule is CNc1cccc(Nc2nc(NCCc3ccc(N)cc3)nc(NCC3CC3)n2)c1. The molecule has 8 nitrogen and oxygen atoms in total. The fourth-order valence-electron chi connectivity index (χ4n) is 3.03. The second-order valence-corrected chi connectivity index (χ2v) is 7.50. The van der Waals surface area contributed by atoms with Crippen molar-refractivity contribution in [3.63, 3.8) is 0 Å². The van der Waals surface area contributed by atoms with Crippen LogP contribution in [0.1, 0.15) is 18.4 Å². The van der Waals surface area contributed by atoms with E-state index in [4.69, 9.17) is 5.73 Å². The van der Waals surface area contributed by atoms with Crippen molar-refractivity contribution in [1.82, 2.24) is 15.0 Å². The Morgan fingerprint density at radius 2 is 1.60 bits per heavy atom. The number of nitrogens with two attached hydrogens (primary N) is 1. The van der Waals surface area contributed by atoms with Crippen LogP contribution >= 0.6 is 0 Å². The summed E-state index contributed by atoms with van der Waals surface area (Å²) in [6.07, 6.45) is 3.39. The normalized spacial score (nSPS) is 13.0. The molecule has 8 heteroatoms. The van der Waals surface area contributed by atoms with E-state index in [0.717, 1.165) is 35.9 Å². The summed E-state index contributed by atoms with van der Waals surface area (Å²) >= 11 is 0. The lowest BCUT2D eigenvalue weighted by molar-refractivity contribution is 0.867. The maximum absolute atomic E-state index is 5.75. The summed E-state index contributed by atoms with van der Waals surface area (Å²) in [6, 6.07) is 15.9. The number of hydrogen-bond acceptors (Lipinski definition) is 8. The first kappa shape index (κ1) is 19.8. The van der Waals surface area contributed by atoms with Gasteiger partial charge in [-0.05, 0) is 61.1 Å². The Morgan fingerprint density at radius 3 is 2.33 bits per heavy atom. The highest BCUT2D eigenvalue weighted by atomic mass is 15.3. The number of nitrogens with one attached hydrogen (secondary N) is 4. The molecule has 1 aliphatic rings. The number of nitrogen functional groups attached to an aromatic ring is 1. The van der Waals surface area contributed by atoms with Gasteiger partial charge in [0.05, 0.1) is 0 Å². The standard InChI is InChI=1S/C22H28N8/c1-24-18-3-2-4-19(13-18)27-22-29-20(28-21(30-22)26-14-16-5-6-16)25-12-11-15-7-9-17(23)10-8-15/h2-4,7-10,13,16,24H,5-6,11-12,14,23H2,1H3,(H3,25,26,27,28,29,30). The van der Waals surface area contributed by atoms with E-state index in [1.165, 1.54) is 18.4 Å². The van der Waals surface area contributed by atoms with Gasteiger partial charge < -0.3 is 27.0 Å². The summed E-state index contributed by atoms with van der Waals surface area (Å²) in [5, 5.41) is 13.1. The summed E-state index contributed by atoms with van der Waals surface area (Å²) in [5.41, 5.74) is 9.66. The van der Waals surface area contributed by atoms with Gasteiger partial charge in [0.25, 0.3) is 0 Å². The number of aromatic nitrogens is 3. The van der Waals surface area contributed by atoms with Crippen LogP contribution in [0.5, 0.6) is 0 Å². The molecule has 0 bridgehead atoms. The molecule has 1 aliphatic carbocycles. The van der Waals surface area contributed by atoms with Crippen LogP contribution in [0.3, 0.4) is 0 Å². The van der Waals surface area contributed by atoms with Gasteiger partial charge in [-0.2, -0.15) is 15.0 Å². The van der Waals surface area contributed by atoms with Crippen molar-refractivity contribution >= 4 is 34.9 Å². The molecule has 4 rings (SSSR count). The second kappa shape index (κ2) is 9.30. The van der Waals surface area contributed by atoms with Crippen LogP contribution in [0.25, 0.3) is 0 Å². The predicted octanol–water partition coefficient (Wildman–Crippen LogP) is 3.72. The first-order chi connectivity index (χ1) is 14.7. The van der Waals surface area contributed by atoms with Crippen LogP contribution in [0.15, 0.2) is 48.5 Å². The third-order valence-corrected chi connectivity index (χ3v) is 4.97. The summed E-state index contributed by atoms with van der Waals surface area (Å²) in [6.45, 7) is 1.61. The van der Waals surface area contributed by atoms with Crippen molar-refractivity contribution < 1.29 is 0 Å². The minimum atomic E-state index is 0.506. The van der Waals surface area contributed by atoms with Gasteiger partial charge in [0.1, 0.15) is 0 Å². The molecular weight excluding hydrogens is 376 g/mol. The lowest BCUT2D eigenvalue weighted by atomic mass is 10.1. The minimum absolute atomic E-state index is 0.506. The molecular formula is C22H28N8. The monoisotopic (exact) mass is 404 g/mol. The summed E-state index contributed by atoms with van der Waals surface area (Å²) in [7, 11) is 1.89. The van der Waals surface area contributed by atoms with Crippen molar-refractivity contribution in [3.8, 4) is 0 Å². The lowest BCUT2D eigenvalue weighted by Gasteiger charge is -2.12. The highest BCUT2D eigenvalue weighted by Gasteiger charge is 2.21. The minimum Gasteiger partial charge on any atom is -0.399 e. The summed E-state index contributed by atoms with van der Waals surface area (Å²) in [5.74, 6) is 2.36. The summed E-state index contributed by atoms with van der Waals surface area (Å²) in [4.78, 5) is 13.6. The zero-order valence-corrected chi connectivity index (χ0v) is 17.2. The van der Waals surface area contributed by atoms with Gasteiger partial charge in [-0.25, -0.2) is 0 Å². The molecule has 0 unspecified atom stereocenters. The summed E-state index contributed by atoms with van der Waals surface area (Å²) < 4.78 is 0. The number of nitrogens with zero attached hydrogens (tertiary/aromatic N) is 3. The molecule has 6 N–H and O–H groups in total. The van der Waals surface area contributed by atoms with Crippen molar-refractivity contribution in [3.05, 3.63) is 54.1 Å². The van der Waals surface area contributed by atoms with E-state index < -0.39 is 0 Å². The molecule has 0 amide bonds. The lowest BCUT2D eigenvalue weighted by Crippen LogP contribution is -2.14. The van der Waals surface area contributed by atoms with Gasteiger partial charge in [0.2, 0.25) is 17.8 Å². The Hall–Kier alpha value is -3.55. The molecule has 30 heavy (non-hydrogen) atoms. The van der Waals surface area contributed by atoms with Gasteiger partial charge in [-0.15, -0.1) is 0 Å². The van der Waals surface area contributed by atoms with E-state index in [-0.39, 0.29) is 0 Å². The van der Waals surface area contributed by atoms with Gasteiger partial charge in [-0.3, -0.25) is 0 Å². The maximum atomic E-state index is 5.75. The molecule has 1 saturated carbocycles. The Bertz CT molecular complexity index is 969. The molecule has 156 valence electrons. The number of anilines is 6. The smallest absolute Gasteiger partial charge is 0.233 e. The van der Waals surface area contributed by atoms with Gasteiger partial charge in [0.15, 0.2) is 0 Å². The molecule has 0 spiro atoms. The third-order valence-electron chi connectivity index (χ3n) is 4.97. The second-order valence-electron chi connectivity index (χ2n) is 7.50. The van der Waals surface area contributed by atoms with Crippen LogP contribution in [0, 0.1) is 5.92 Å². The highest BCUT2D eigenvalue weighted by molar-refractivity contribution is 5.62. The molecule has 2 aromatic carbocycles. The van der Waals surface area contributed by atoms with Crippen molar-refractivity contribution in [2.75, 3.05) is 47.1 Å². The van der Waals surface area contributed by atoms with Crippen LogP contribution in [0.2, 0.25) is 0 Å². The quantitative estimate of drug-likeness (QED) is 0.325. The predicted molar refractivity (Wildman–Crippen MR) is 123 cm³/mol. The van der Waals surface area contributed by atoms with Crippen LogP contribution in [0.4, 0.5) is 34.9 Å². The van der Waals surface area contributed by atoms with Crippen LogP contribution < -0.4 is 27.0 Å². The largest absolute Gasteiger partial charge is 0.399 e. The zero-order valence-electron chi connectivity index (χ0n) is 17.2. The average Bonchev–Trinajstić information content (AvgIpc) is 3.58. The molecule has 1 fully saturated rings. The van der Waals surface area contributed by atoms with Gasteiger partial charge in [-0.1, -0.05) is 18.2 Å². The Labute approximate surface area is 176 Å². The number of benzene rings is 2. The Balaban J connectivity index is 1.45. The average molecular weight is 405 g/mol. The van der Waals surface area contributed by atoms with Gasteiger partial charge >= 0.3 is 0 Å². The third kappa shape index (κ3) is 5.73. The molecule has 1 heterocycles. The fraction of sp³-hybridized carbons (Fsp3) is 0.318. The fourth-order valence-corrected chi connectivity index (χ4v) is 3.03. The van der Waals surface area contributed by atoms with Crippen molar-refractivity contribution in [2.45, 2.75) is 19.3 Å². The first-order valence-electron chi connectivity index (χ1n) is 10.3. The molecule has 1 aromatic heterocycles. The Kier molecular flexibility index (Phi) is 6.12. The first-order valence-corrected chi connectivity index (χ1v) is 10.3. The molecule has 0 saturated heterocycles.